The smallest absolute Gasteiger partial charge is 0.305 e. The quantitative estimate of drug-likeness (QED) is 0.503. The average Bonchev–Trinajstić information content (AvgIpc) is 2.99. The molecule has 0 aromatic heterocycles. The molecule has 0 saturated heterocycles. The predicted molar refractivity (Wildman–Crippen MR) is 111 cm³/mol. The molecule has 0 amide bonds. The van der Waals surface area contributed by atoms with Gasteiger partial charge < -0.3 is 4.74 Å². The molecule has 4 rings (SSSR count). The Bertz CT molecular complexity index is 806. The lowest BCUT2D eigenvalue weighted by Crippen LogP contribution is -2.45. The first kappa shape index (κ1) is 20.6. The molecule has 158 valence electrons. The molecule has 2 saturated carbocycles. The largest absolute Gasteiger partial charge is 0.465 e. The summed E-state index contributed by atoms with van der Waals surface area (Å²) in [5, 5.41) is 0. The lowest BCUT2D eigenvalue weighted by atomic mass is 9.51. The average molecular weight is 399 g/mol. The minimum Gasteiger partial charge on any atom is -0.465 e. The van der Waals surface area contributed by atoms with E-state index >= 15 is 0 Å². The number of Topliss-reactive ketones (excluding diaryl/α,β-unsaturated/α-hetero) is 1. The molecular weight excluding hydrogens is 364 g/mol. The summed E-state index contributed by atoms with van der Waals surface area (Å²) in [6.07, 6.45) is 10.2. The van der Waals surface area contributed by atoms with Crippen LogP contribution in [-0.2, 0) is 19.1 Å². The van der Waals surface area contributed by atoms with Gasteiger partial charge in [0.1, 0.15) is 5.78 Å². The number of ether oxygens (including phenoxy) is 1. The molecule has 0 unspecified atom stereocenters. The fourth-order valence-electron chi connectivity index (χ4n) is 7.30. The van der Waals surface area contributed by atoms with Gasteiger partial charge in [-0.1, -0.05) is 38.0 Å². The van der Waals surface area contributed by atoms with E-state index in [1.165, 1.54) is 11.1 Å². The number of esters is 1. The van der Waals surface area contributed by atoms with Crippen LogP contribution in [0.15, 0.2) is 23.3 Å². The molecule has 0 bridgehead atoms. The number of hydrogen-bond donors (Lipinski definition) is 0. The van der Waals surface area contributed by atoms with Crippen molar-refractivity contribution in [3.8, 4) is 0 Å². The Morgan fingerprint density at radius 3 is 2.69 bits per heavy atom. The van der Waals surface area contributed by atoms with Crippen LogP contribution in [0.4, 0.5) is 0 Å². The van der Waals surface area contributed by atoms with Gasteiger partial charge in [0.25, 0.3) is 0 Å². The van der Waals surface area contributed by atoms with Crippen molar-refractivity contribution in [1.29, 1.82) is 0 Å². The second-order valence-electron chi connectivity index (χ2n) is 10.2. The van der Waals surface area contributed by atoms with Crippen LogP contribution in [0, 0.1) is 34.5 Å². The van der Waals surface area contributed by atoms with Crippen LogP contribution in [0.5, 0.6) is 0 Å². The van der Waals surface area contributed by atoms with Gasteiger partial charge in [-0.15, -0.1) is 0 Å². The first-order valence-corrected chi connectivity index (χ1v) is 11.3. The zero-order valence-electron chi connectivity index (χ0n) is 18.3. The normalized spacial score (nSPS) is 40.9. The number of hydrogen-bond acceptors (Lipinski definition) is 4. The summed E-state index contributed by atoms with van der Waals surface area (Å²) in [6, 6.07) is 0. The summed E-state index contributed by atoms with van der Waals surface area (Å²) in [6.45, 7) is 8.49. The Balaban J connectivity index is 1.65. The molecule has 4 nitrogen and oxygen atoms in total. The molecule has 0 heterocycles. The van der Waals surface area contributed by atoms with Crippen LogP contribution in [0.25, 0.3) is 0 Å². The van der Waals surface area contributed by atoms with Gasteiger partial charge in [0, 0.05) is 30.1 Å². The molecule has 6 atom stereocenters. The number of fused-ring (bicyclic) bond motifs is 5. The Kier molecular flexibility index (Phi) is 5.11. The summed E-state index contributed by atoms with van der Waals surface area (Å²) in [5.74, 6) is 1.30. The maximum Gasteiger partial charge on any atom is 0.305 e. The van der Waals surface area contributed by atoms with Gasteiger partial charge in [-0.25, -0.2) is 0 Å². The van der Waals surface area contributed by atoms with E-state index in [1.807, 2.05) is 6.08 Å². The second-order valence-corrected chi connectivity index (χ2v) is 10.2. The third kappa shape index (κ3) is 3.14. The van der Waals surface area contributed by atoms with Gasteiger partial charge in [0.2, 0.25) is 0 Å². The molecule has 0 aromatic carbocycles. The maximum atomic E-state index is 12.7. The number of carbonyl (C=O) groups is 3. The first-order valence-electron chi connectivity index (χ1n) is 11.3. The summed E-state index contributed by atoms with van der Waals surface area (Å²) >= 11 is 0. The monoisotopic (exact) mass is 398 g/mol. The van der Waals surface area contributed by atoms with Gasteiger partial charge >= 0.3 is 5.97 Å². The van der Waals surface area contributed by atoms with Crippen LogP contribution < -0.4 is 0 Å². The molecule has 4 heteroatoms. The molecule has 2 fully saturated rings. The lowest BCUT2D eigenvalue weighted by molar-refractivity contribution is -0.146. The van der Waals surface area contributed by atoms with E-state index in [4.69, 9.17) is 4.74 Å². The highest BCUT2D eigenvalue weighted by Gasteiger charge is 2.60. The van der Waals surface area contributed by atoms with Crippen molar-refractivity contribution in [3.05, 3.63) is 23.3 Å². The Morgan fingerprint density at radius 2 is 2.00 bits per heavy atom. The van der Waals surface area contributed by atoms with Gasteiger partial charge in [0.05, 0.1) is 6.61 Å². The highest BCUT2D eigenvalue weighted by Crippen LogP contribution is 2.65. The summed E-state index contributed by atoms with van der Waals surface area (Å²) in [7, 11) is 0. The highest BCUT2D eigenvalue weighted by atomic mass is 16.5. The molecule has 0 spiro atoms. The SMILES string of the molecule is CCC(=O)OC[C@H]1C[C@H]2[C@@H]3CCC4=CC(=O)CC[C@]4(C)C3=CC[C@]2(C)[C@H]1C(C)=O. The highest BCUT2D eigenvalue weighted by molar-refractivity contribution is 5.92. The molecule has 4 aliphatic rings. The minimum absolute atomic E-state index is 0.0106. The lowest BCUT2D eigenvalue weighted by Gasteiger charge is -2.53. The van der Waals surface area contributed by atoms with Gasteiger partial charge in [-0.05, 0) is 62.4 Å². The van der Waals surface area contributed by atoms with Crippen molar-refractivity contribution in [2.75, 3.05) is 6.61 Å². The topological polar surface area (TPSA) is 60.4 Å². The van der Waals surface area contributed by atoms with Crippen molar-refractivity contribution in [3.63, 3.8) is 0 Å². The van der Waals surface area contributed by atoms with Gasteiger partial charge in [-0.2, -0.15) is 0 Å². The van der Waals surface area contributed by atoms with Crippen LogP contribution in [0.2, 0.25) is 0 Å². The van der Waals surface area contributed by atoms with Crippen LogP contribution in [0.1, 0.15) is 72.6 Å². The molecular formula is C25H34O4. The fourth-order valence-corrected chi connectivity index (χ4v) is 7.30. The molecule has 0 radical (unpaired) electrons. The van der Waals surface area contributed by atoms with Crippen LogP contribution >= 0.6 is 0 Å². The van der Waals surface area contributed by atoms with E-state index in [1.54, 1.807) is 13.8 Å². The molecule has 4 aliphatic carbocycles. The Morgan fingerprint density at radius 1 is 1.24 bits per heavy atom. The van der Waals surface area contributed by atoms with Crippen molar-refractivity contribution < 1.29 is 19.1 Å². The molecule has 0 aliphatic heterocycles. The standard InChI is InChI=1S/C25H34O4/c1-5-22(28)29-14-16-12-21-19-7-6-17-13-18(27)8-10-24(17,3)20(19)9-11-25(21,4)23(16)15(2)26/h9,13,16,19,21,23H,5-8,10-12,14H2,1-4H3/t16-,19-,21+,23+,24+,25+/m1/s1. The predicted octanol–water partition coefficient (Wildman–Crippen LogP) is 4.82. The van der Waals surface area contributed by atoms with E-state index in [0.717, 1.165) is 32.1 Å². The Hall–Kier alpha value is -1.71. The number of rotatable bonds is 4. The van der Waals surface area contributed by atoms with E-state index in [-0.39, 0.29) is 40.2 Å². The van der Waals surface area contributed by atoms with E-state index < -0.39 is 0 Å². The van der Waals surface area contributed by atoms with E-state index in [0.29, 0.717) is 31.3 Å². The Labute approximate surface area is 174 Å². The zero-order chi connectivity index (χ0) is 21.0. The third-order valence-corrected chi connectivity index (χ3v) is 8.69. The molecule has 29 heavy (non-hydrogen) atoms. The number of carbonyl (C=O) groups excluding carboxylic acids is 3. The molecule has 0 aromatic rings. The van der Waals surface area contributed by atoms with Gasteiger partial charge in [-0.3, -0.25) is 14.4 Å². The number of allylic oxidation sites excluding steroid dienone is 4. The summed E-state index contributed by atoms with van der Waals surface area (Å²) in [5.41, 5.74) is 2.77. The van der Waals surface area contributed by atoms with Crippen LogP contribution in [0.3, 0.4) is 0 Å². The summed E-state index contributed by atoms with van der Waals surface area (Å²) in [4.78, 5) is 36.4. The summed E-state index contributed by atoms with van der Waals surface area (Å²) < 4.78 is 5.51. The van der Waals surface area contributed by atoms with Crippen molar-refractivity contribution in [2.24, 2.45) is 34.5 Å². The third-order valence-electron chi connectivity index (χ3n) is 8.69. The van der Waals surface area contributed by atoms with E-state index in [2.05, 4.69) is 19.9 Å². The van der Waals surface area contributed by atoms with E-state index in [9.17, 15) is 14.4 Å². The fraction of sp³-hybridized carbons (Fsp3) is 0.720. The van der Waals surface area contributed by atoms with Crippen LogP contribution in [-0.4, -0.2) is 24.1 Å². The number of ketones is 2. The maximum absolute atomic E-state index is 12.7. The minimum atomic E-state index is -0.182. The first-order chi connectivity index (χ1) is 13.7. The van der Waals surface area contributed by atoms with Crippen molar-refractivity contribution in [2.45, 2.75) is 72.6 Å². The van der Waals surface area contributed by atoms with Crippen molar-refractivity contribution >= 4 is 17.5 Å². The zero-order valence-corrected chi connectivity index (χ0v) is 18.3. The molecule has 0 N–H and O–H groups in total. The van der Waals surface area contributed by atoms with Gasteiger partial charge in [0.15, 0.2) is 5.78 Å². The van der Waals surface area contributed by atoms with Crippen molar-refractivity contribution in [1.82, 2.24) is 0 Å². The second kappa shape index (κ2) is 7.21.